The van der Waals surface area contributed by atoms with Crippen molar-refractivity contribution in [3.63, 3.8) is 0 Å². The standard InChI is InChI=1S/C14H18BrClFNO/c1-3-18-14(9-4-5-19-8(9)2)10-6-12(16)11(15)7-13(10)17/h6-9,14,18H,3-5H2,1-2H3. The molecule has 1 N–H and O–H groups in total. The predicted octanol–water partition coefficient (Wildman–Crippen LogP) is 4.32. The third-order valence-electron chi connectivity index (χ3n) is 3.66. The molecule has 3 atom stereocenters. The Kier molecular flexibility index (Phi) is 5.23. The van der Waals surface area contributed by atoms with Gasteiger partial charge in [-0.3, -0.25) is 0 Å². The lowest BCUT2D eigenvalue weighted by Crippen LogP contribution is -2.32. The number of ether oxygens (including phenoxy) is 1. The van der Waals surface area contributed by atoms with Gasteiger partial charge in [-0.2, -0.15) is 0 Å². The second kappa shape index (κ2) is 6.53. The Morgan fingerprint density at radius 1 is 1.58 bits per heavy atom. The van der Waals surface area contributed by atoms with Crippen LogP contribution in [0.3, 0.4) is 0 Å². The molecule has 3 unspecified atom stereocenters. The van der Waals surface area contributed by atoms with Gasteiger partial charge in [0.05, 0.1) is 11.1 Å². The van der Waals surface area contributed by atoms with Crippen LogP contribution in [0.5, 0.6) is 0 Å². The Hall–Kier alpha value is -0.160. The highest BCUT2D eigenvalue weighted by Gasteiger charge is 2.34. The van der Waals surface area contributed by atoms with Crippen LogP contribution in [0.4, 0.5) is 4.39 Å². The van der Waals surface area contributed by atoms with E-state index in [9.17, 15) is 4.39 Å². The largest absolute Gasteiger partial charge is 0.378 e. The van der Waals surface area contributed by atoms with Crippen LogP contribution >= 0.6 is 27.5 Å². The van der Waals surface area contributed by atoms with Crippen LogP contribution < -0.4 is 5.32 Å². The topological polar surface area (TPSA) is 21.3 Å². The van der Waals surface area contributed by atoms with Gasteiger partial charge in [-0.05, 0) is 48.0 Å². The van der Waals surface area contributed by atoms with Crippen molar-refractivity contribution in [2.75, 3.05) is 13.2 Å². The molecule has 2 rings (SSSR count). The quantitative estimate of drug-likeness (QED) is 0.817. The average molecular weight is 351 g/mol. The van der Waals surface area contributed by atoms with E-state index in [4.69, 9.17) is 16.3 Å². The van der Waals surface area contributed by atoms with Crippen molar-refractivity contribution in [2.45, 2.75) is 32.4 Å². The van der Waals surface area contributed by atoms with Gasteiger partial charge in [0.1, 0.15) is 5.82 Å². The summed E-state index contributed by atoms with van der Waals surface area (Å²) in [5, 5.41) is 3.90. The molecule has 19 heavy (non-hydrogen) atoms. The van der Waals surface area contributed by atoms with Crippen molar-refractivity contribution in [3.8, 4) is 0 Å². The summed E-state index contributed by atoms with van der Waals surface area (Å²) in [5.74, 6) is 0.0352. The first-order valence-corrected chi connectivity index (χ1v) is 7.71. The van der Waals surface area contributed by atoms with Crippen LogP contribution in [0.2, 0.25) is 5.02 Å². The first-order chi connectivity index (χ1) is 9.04. The molecule has 2 nitrogen and oxygen atoms in total. The molecule has 1 heterocycles. The number of rotatable bonds is 4. The van der Waals surface area contributed by atoms with Crippen LogP contribution in [0.1, 0.15) is 31.9 Å². The maximum absolute atomic E-state index is 14.2. The van der Waals surface area contributed by atoms with Gasteiger partial charge in [-0.1, -0.05) is 18.5 Å². The third kappa shape index (κ3) is 3.30. The third-order valence-corrected chi connectivity index (χ3v) is 4.86. The maximum Gasteiger partial charge on any atom is 0.129 e. The van der Waals surface area contributed by atoms with Crippen LogP contribution in [-0.4, -0.2) is 19.3 Å². The van der Waals surface area contributed by atoms with Gasteiger partial charge in [0.2, 0.25) is 0 Å². The zero-order valence-corrected chi connectivity index (χ0v) is 13.4. The predicted molar refractivity (Wildman–Crippen MR) is 79.0 cm³/mol. The summed E-state index contributed by atoms with van der Waals surface area (Å²) in [7, 11) is 0. The molecule has 0 spiro atoms. The molecule has 1 aliphatic rings. The summed E-state index contributed by atoms with van der Waals surface area (Å²) in [5.41, 5.74) is 0.623. The molecule has 0 saturated carbocycles. The number of halogens is 3. The van der Waals surface area contributed by atoms with E-state index in [0.29, 0.717) is 15.1 Å². The van der Waals surface area contributed by atoms with E-state index in [2.05, 4.69) is 21.2 Å². The zero-order valence-electron chi connectivity index (χ0n) is 11.1. The summed E-state index contributed by atoms with van der Waals surface area (Å²) >= 11 is 9.35. The van der Waals surface area contributed by atoms with Crippen molar-refractivity contribution in [1.29, 1.82) is 0 Å². The fourth-order valence-corrected chi connectivity index (χ4v) is 3.16. The van der Waals surface area contributed by atoms with E-state index >= 15 is 0 Å². The first kappa shape index (κ1) is 15.2. The van der Waals surface area contributed by atoms with E-state index in [1.165, 1.54) is 6.07 Å². The highest BCUT2D eigenvalue weighted by Crippen LogP contribution is 2.37. The molecular formula is C14H18BrClFNO. The minimum atomic E-state index is -0.235. The van der Waals surface area contributed by atoms with Crippen LogP contribution in [-0.2, 0) is 4.74 Å². The highest BCUT2D eigenvalue weighted by molar-refractivity contribution is 9.10. The second-order valence-corrected chi connectivity index (χ2v) is 6.11. The zero-order chi connectivity index (χ0) is 14.0. The first-order valence-electron chi connectivity index (χ1n) is 6.54. The van der Waals surface area contributed by atoms with E-state index in [0.717, 1.165) is 19.6 Å². The smallest absolute Gasteiger partial charge is 0.129 e. The maximum atomic E-state index is 14.2. The Morgan fingerprint density at radius 3 is 2.89 bits per heavy atom. The van der Waals surface area contributed by atoms with Crippen LogP contribution in [0.15, 0.2) is 16.6 Å². The van der Waals surface area contributed by atoms with Crippen molar-refractivity contribution >= 4 is 27.5 Å². The molecular weight excluding hydrogens is 333 g/mol. The monoisotopic (exact) mass is 349 g/mol. The average Bonchev–Trinajstić information content (AvgIpc) is 2.77. The van der Waals surface area contributed by atoms with E-state index in [1.807, 2.05) is 13.8 Å². The molecule has 5 heteroatoms. The molecule has 0 aromatic heterocycles. The molecule has 106 valence electrons. The highest BCUT2D eigenvalue weighted by atomic mass is 79.9. The fraction of sp³-hybridized carbons (Fsp3) is 0.571. The SMILES string of the molecule is CCNC(c1cc(Cl)c(Br)cc1F)C1CCOC1C. The Labute approximate surface area is 126 Å². The molecule has 1 aromatic rings. The minimum absolute atomic E-state index is 0.0619. The Balaban J connectivity index is 2.35. The Bertz CT molecular complexity index is 457. The number of hydrogen-bond acceptors (Lipinski definition) is 2. The number of hydrogen-bond donors (Lipinski definition) is 1. The van der Waals surface area contributed by atoms with Crippen LogP contribution in [0, 0.1) is 11.7 Å². The molecule has 0 amide bonds. The van der Waals surface area contributed by atoms with E-state index in [-0.39, 0.29) is 23.9 Å². The molecule has 0 radical (unpaired) electrons. The van der Waals surface area contributed by atoms with Crippen molar-refractivity contribution < 1.29 is 9.13 Å². The van der Waals surface area contributed by atoms with Gasteiger partial charge < -0.3 is 10.1 Å². The van der Waals surface area contributed by atoms with E-state index < -0.39 is 0 Å². The van der Waals surface area contributed by atoms with Crippen LogP contribution in [0.25, 0.3) is 0 Å². The number of benzene rings is 1. The molecule has 0 aliphatic carbocycles. The Morgan fingerprint density at radius 2 is 2.32 bits per heavy atom. The molecule has 1 aliphatic heterocycles. The lowest BCUT2D eigenvalue weighted by atomic mass is 9.88. The normalized spacial score (nSPS) is 24.7. The van der Waals surface area contributed by atoms with Crippen molar-refractivity contribution in [3.05, 3.63) is 33.0 Å². The summed E-state index contributed by atoms with van der Waals surface area (Å²) in [4.78, 5) is 0. The van der Waals surface area contributed by atoms with Gasteiger partial charge in [-0.15, -0.1) is 0 Å². The van der Waals surface area contributed by atoms with Crippen molar-refractivity contribution in [1.82, 2.24) is 5.32 Å². The lowest BCUT2D eigenvalue weighted by Gasteiger charge is -2.27. The molecule has 1 aromatic carbocycles. The minimum Gasteiger partial charge on any atom is -0.378 e. The summed E-state index contributed by atoms with van der Waals surface area (Å²) in [6.45, 7) is 5.58. The van der Waals surface area contributed by atoms with Gasteiger partial charge in [-0.25, -0.2) is 4.39 Å². The van der Waals surface area contributed by atoms with Gasteiger partial charge >= 0.3 is 0 Å². The molecule has 1 saturated heterocycles. The fourth-order valence-electron chi connectivity index (χ4n) is 2.67. The van der Waals surface area contributed by atoms with E-state index in [1.54, 1.807) is 6.07 Å². The van der Waals surface area contributed by atoms with Crippen molar-refractivity contribution in [2.24, 2.45) is 5.92 Å². The summed E-state index contributed by atoms with van der Waals surface area (Å²) in [6.07, 6.45) is 1.07. The second-order valence-electron chi connectivity index (χ2n) is 4.85. The molecule has 0 bridgehead atoms. The molecule has 1 fully saturated rings. The van der Waals surface area contributed by atoms with Gasteiger partial charge in [0.25, 0.3) is 0 Å². The summed E-state index contributed by atoms with van der Waals surface area (Å²) in [6, 6.07) is 3.08. The number of nitrogens with one attached hydrogen (secondary N) is 1. The lowest BCUT2D eigenvalue weighted by molar-refractivity contribution is 0.0951. The summed E-state index contributed by atoms with van der Waals surface area (Å²) < 4.78 is 20.4. The van der Waals surface area contributed by atoms with Gasteiger partial charge in [0.15, 0.2) is 0 Å². The van der Waals surface area contributed by atoms with Gasteiger partial charge in [0, 0.05) is 28.6 Å².